The number of halogens is 3. The van der Waals surface area contributed by atoms with Gasteiger partial charge in [-0.3, -0.25) is 14.5 Å². The maximum atomic E-state index is 12.9. The van der Waals surface area contributed by atoms with E-state index < -0.39 is 0 Å². The Hall–Kier alpha value is -2.06. The Bertz CT molecular complexity index is 1260. The molecule has 1 aliphatic heterocycles. The van der Waals surface area contributed by atoms with Crippen molar-refractivity contribution in [3.8, 4) is 5.75 Å². The lowest BCUT2D eigenvalue weighted by Gasteiger charge is -2.13. The molecule has 0 aromatic heterocycles. The zero-order chi connectivity index (χ0) is 23.5. The number of aryl methyl sites for hydroxylation is 1. The molecule has 1 heterocycles. The van der Waals surface area contributed by atoms with Gasteiger partial charge < -0.3 is 4.74 Å². The monoisotopic (exact) mass is 605 g/mol. The molecule has 0 bridgehead atoms. The first-order chi connectivity index (χ1) is 15.8. The van der Waals surface area contributed by atoms with E-state index in [2.05, 4.69) is 37.9 Å². The number of hydrogen-bond donors (Lipinski definition) is 0. The quantitative estimate of drug-likeness (QED) is 0.267. The average molecular weight is 608 g/mol. The van der Waals surface area contributed by atoms with E-state index in [1.54, 1.807) is 24.3 Å². The second-order valence-corrected chi connectivity index (χ2v) is 10.6. The van der Waals surface area contributed by atoms with E-state index in [4.69, 9.17) is 16.3 Å². The van der Waals surface area contributed by atoms with Crippen LogP contribution in [0.5, 0.6) is 5.75 Å². The number of benzene rings is 3. The molecule has 1 aliphatic rings. The topological polar surface area (TPSA) is 46.6 Å². The standard InChI is InChI=1S/C25H18Br2ClNO3S/c1-15-4-2-6-17(8-15)14-32-23-20(26)10-18(11-21(23)27)12-22-24(30)29(25(31)33-22)13-16-5-3-7-19(28)9-16/h2-12H,13-14H2,1H3/b22-12-. The summed E-state index contributed by atoms with van der Waals surface area (Å²) < 4.78 is 7.49. The van der Waals surface area contributed by atoms with Gasteiger partial charge in [-0.05, 0) is 97.6 Å². The van der Waals surface area contributed by atoms with Crippen LogP contribution in [0, 0.1) is 6.92 Å². The van der Waals surface area contributed by atoms with Crippen LogP contribution >= 0.6 is 55.2 Å². The highest BCUT2D eigenvalue weighted by Gasteiger charge is 2.35. The smallest absolute Gasteiger partial charge is 0.293 e. The minimum atomic E-state index is -0.322. The van der Waals surface area contributed by atoms with Gasteiger partial charge in [-0.1, -0.05) is 53.6 Å². The van der Waals surface area contributed by atoms with Crippen molar-refractivity contribution >= 4 is 72.4 Å². The number of hydrogen-bond acceptors (Lipinski definition) is 4. The SMILES string of the molecule is Cc1cccc(COc2c(Br)cc(/C=C3\SC(=O)N(Cc4cccc(Cl)c4)C3=O)cc2Br)c1. The summed E-state index contributed by atoms with van der Waals surface area (Å²) in [5.74, 6) is 0.347. The van der Waals surface area contributed by atoms with Crippen molar-refractivity contribution in [2.24, 2.45) is 0 Å². The largest absolute Gasteiger partial charge is 0.487 e. The van der Waals surface area contributed by atoms with Crippen LogP contribution in [-0.2, 0) is 17.9 Å². The molecule has 8 heteroatoms. The molecule has 0 radical (unpaired) electrons. The van der Waals surface area contributed by atoms with E-state index in [0.717, 1.165) is 37.4 Å². The molecule has 4 rings (SSSR count). The van der Waals surface area contributed by atoms with Crippen molar-refractivity contribution in [3.05, 3.63) is 102 Å². The van der Waals surface area contributed by atoms with Crippen molar-refractivity contribution < 1.29 is 14.3 Å². The molecule has 0 aliphatic carbocycles. The van der Waals surface area contributed by atoms with Crippen LogP contribution < -0.4 is 4.74 Å². The van der Waals surface area contributed by atoms with Crippen LogP contribution in [0.3, 0.4) is 0 Å². The number of carbonyl (C=O) groups is 2. The van der Waals surface area contributed by atoms with Gasteiger partial charge in [-0.15, -0.1) is 0 Å². The first-order valence-electron chi connectivity index (χ1n) is 9.97. The van der Waals surface area contributed by atoms with E-state index in [0.29, 0.717) is 22.3 Å². The summed E-state index contributed by atoms with van der Waals surface area (Å²) in [5.41, 5.74) is 3.82. The third kappa shape index (κ3) is 5.90. The van der Waals surface area contributed by atoms with Crippen LogP contribution in [0.25, 0.3) is 6.08 Å². The van der Waals surface area contributed by atoms with Crippen LogP contribution in [0.15, 0.2) is 74.5 Å². The van der Waals surface area contributed by atoms with Gasteiger partial charge in [-0.2, -0.15) is 0 Å². The van der Waals surface area contributed by atoms with Crippen molar-refractivity contribution in [1.29, 1.82) is 0 Å². The molecule has 33 heavy (non-hydrogen) atoms. The molecule has 168 valence electrons. The Labute approximate surface area is 218 Å². The van der Waals surface area contributed by atoms with Crippen LogP contribution in [0.1, 0.15) is 22.3 Å². The van der Waals surface area contributed by atoms with Crippen molar-refractivity contribution in [2.45, 2.75) is 20.1 Å². The first kappa shape index (κ1) is 24.1. The Morgan fingerprint density at radius 2 is 1.70 bits per heavy atom. The second kappa shape index (κ2) is 10.5. The molecule has 0 spiro atoms. The molecule has 0 N–H and O–H groups in total. The van der Waals surface area contributed by atoms with E-state index in [1.807, 2.05) is 43.3 Å². The van der Waals surface area contributed by atoms with Crippen molar-refractivity contribution in [3.63, 3.8) is 0 Å². The highest BCUT2D eigenvalue weighted by molar-refractivity contribution is 9.11. The van der Waals surface area contributed by atoms with Gasteiger partial charge in [0, 0.05) is 5.02 Å². The average Bonchev–Trinajstić information content (AvgIpc) is 3.00. The first-order valence-corrected chi connectivity index (χ1v) is 12.8. The maximum absolute atomic E-state index is 12.9. The lowest BCUT2D eigenvalue weighted by Crippen LogP contribution is -2.27. The van der Waals surface area contributed by atoms with Gasteiger partial charge in [0.2, 0.25) is 0 Å². The third-order valence-corrected chi connectivity index (χ3v) is 7.21. The summed E-state index contributed by atoms with van der Waals surface area (Å²) in [6.07, 6.45) is 1.71. The molecule has 0 saturated carbocycles. The van der Waals surface area contributed by atoms with Gasteiger partial charge in [0.05, 0.1) is 20.4 Å². The Morgan fingerprint density at radius 3 is 2.39 bits per heavy atom. The zero-order valence-electron chi connectivity index (χ0n) is 17.5. The molecule has 3 aromatic carbocycles. The van der Waals surface area contributed by atoms with Gasteiger partial charge in [0.25, 0.3) is 11.1 Å². The van der Waals surface area contributed by atoms with Crippen LogP contribution in [0.4, 0.5) is 4.79 Å². The molecule has 0 atom stereocenters. The molecule has 1 fully saturated rings. The maximum Gasteiger partial charge on any atom is 0.293 e. The lowest BCUT2D eigenvalue weighted by molar-refractivity contribution is -0.123. The summed E-state index contributed by atoms with van der Waals surface area (Å²) in [6.45, 7) is 2.66. The van der Waals surface area contributed by atoms with E-state index in [9.17, 15) is 9.59 Å². The number of carbonyl (C=O) groups excluding carboxylic acids is 2. The highest BCUT2D eigenvalue weighted by atomic mass is 79.9. The third-order valence-electron chi connectivity index (χ3n) is 4.89. The Kier molecular flexibility index (Phi) is 7.64. The predicted molar refractivity (Wildman–Crippen MR) is 140 cm³/mol. The van der Waals surface area contributed by atoms with Crippen molar-refractivity contribution in [1.82, 2.24) is 4.90 Å². The fraction of sp³-hybridized carbons (Fsp3) is 0.120. The van der Waals surface area contributed by atoms with Gasteiger partial charge in [-0.25, -0.2) is 0 Å². The van der Waals surface area contributed by atoms with Crippen LogP contribution in [0.2, 0.25) is 5.02 Å². The highest BCUT2D eigenvalue weighted by Crippen LogP contribution is 2.38. The number of amides is 2. The van der Waals surface area contributed by atoms with E-state index in [-0.39, 0.29) is 17.7 Å². The number of imide groups is 1. The number of ether oxygens (including phenoxy) is 1. The summed E-state index contributed by atoms with van der Waals surface area (Å²) in [7, 11) is 0. The minimum absolute atomic E-state index is 0.182. The predicted octanol–water partition coefficient (Wildman–Crippen LogP) is 7.99. The van der Waals surface area contributed by atoms with Crippen LogP contribution in [-0.4, -0.2) is 16.0 Å². The molecule has 2 amide bonds. The zero-order valence-corrected chi connectivity index (χ0v) is 22.2. The second-order valence-electron chi connectivity index (χ2n) is 7.49. The van der Waals surface area contributed by atoms with Crippen molar-refractivity contribution in [2.75, 3.05) is 0 Å². The molecular formula is C25H18Br2ClNO3S. The fourth-order valence-corrected chi connectivity index (χ4v) is 5.87. The van der Waals surface area contributed by atoms with Gasteiger partial charge >= 0.3 is 0 Å². The lowest BCUT2D eigenvalue weighted by atomic mass is 10.1. The van der Waals surface area contributed by atoms with E-state index >= 15 is 0 Å². The van der Waals surface area contributed by atoms with Gasteiger partial charge in [0.1, 0.15) is 12.4 Å². The Morgan fingerprint density at radius 1 is 1.00 bits per heavy atom. The molecule has 3 aromatic rings. The summed E-state index contributed by atoms with van der Waals surface area (Å²) >= 11 is 14.1. The summed E-state index contributed by atoms with van der Waals surface area (Å²) in [4.78, 5) is 26.9. The molecule has 0 unspecified atom stereocenters. The molecule has 1 saturated heterocycles. The van der Waals surface area contributed by atoms with E-state index in [1.165, 1.54) is 10.5 Å². The minimum Gasteiger partial charge on any atom is -0.487 e. The Balaban J connectivity index is 1.50. The normalized spacial score (nSPS) is 14.9. The summed E-state index contributed by atoms with van der Waals surface area (Å²) in [6, 6.07) is 19.0. The number of rotatable bonds is 6. The number of nitrogens with zero attached hydrogens (tertiary/aromatic N) is 1. The number of thioether (sulfide) groups is 1. The van der Waals surface area contributed by atoms with Gasteiger partial charge in [0.15, 0.2) is 0 Å². The molecular weight excluding hydrogens is 590 g/mol. The molecule has 4 nitrogen and oxygen atoms in total. The summed E-state index contributed by atoms with van der Waals surface area (Å²) in [5, 5.41) is 0.261. The fourth-order valence-electron chi connectivity index (χ4n) is 3.36.